The van der Waals surface area contributed by atoms with Crippen LogP contribution in [0.1, 0.15) is 5.56 Å². The molecule has 166 valence electrons. The Balaban J connectivity index is 1.55. The van der Waals surface area contributed by atoms with Gasteiger partial charge >= 0.3 is 11.5 Å². The number of carbonyl (C=O) groups is 2. The maximum atomic E-state index is 12.9. The lowest BCUT2D eigenvalue weighted by Gasteiger charge is -2.19. The number of amides is 3. The highest BCUT2D eigenvalue weighted by atomic mass is 32.2. The van der Waals surface area contributed by atoms with Gasteiger partial charge in [0.2, 0.25) is 0 Å². The molecule has 0 spiro atoms. The summed E-state index contributed by atoms with van der Waals surface area (Å²) in [5.74, 6) is -0.431. The topological polar surface area (TPSA) is 56.8 Å². The Morgan fingerprint density at radius 3 is 2.44 bits per heavy atom. The van der Waals surface area contributed by atoms with Crippen molar-refractivity contribution in [2.75, 3.05) is 30.4 Å². The zero-order valence-corrected chi connectivity index (χ0v) is 18.1. The number of rotatable bonds is 5. The molecule has 1 saturated heterocycles. The second-order valence-corrected chi connectivity index (χ2v) is 8.61. The van der Waals surface area contributed by atoms with Gasteiger partial charge in [-0.2, -0.15) is 13.2 Å². The van der Waals surface area contributed by atoms with Crippen LogP contribution in [0.2, 0.25) is 0 Å². The summed E-state index contributed by atoms with van der Waals surface area (Å²) in [4.78, 5) is 34.2. The Hall–Kier alpha value is -3.27. The summed E-state index contributed by atoms with van der Waals surface area (Å²) in [6, 6.07) is 12.3. The van der Waals surface area contributed by atoms with Crippen LogP contribution >= 0.6 is 11.8 Å². The van der Waals surface area contributed by atoms with Crippen LogP contribution in [-0.2, 0) is 11.3 Å². The SMILES string of the molecule is CN(C)c1ccc2c(CN3CC(=O)N(c4ccc(SC(F)(F)F)cc4)C3=O)ccnc2c1. The minimum Gasteiger partial charge on any atom is -0.378 e. The van der Waals surface area contributed by atoms with Crippen molar-refractivity contribution < 1.29 is 22.8 Å². The van der Waals surface area contributed by atoms with Crippen molar-refractivity contribution >= 4 is 46.0 Å². The van der Waals surface area contributed by atoms with E-state index in [4.69, 9.17) is 0 Å². The molecule has 1 aromatic heterocycles. The molecule has 3 amide bonds. The van der Waals surface area contributed by atoms with E-state index in [1.165, 1.54) is 29.2 Å². The Kier molecular flexibility index (Phi) is 5.72. The molecule has 3 aromatic rings. The van der Waals surface area contributed by atoms with Crippen LogP contribution in [0, 0.1) is 0 Å². The number of carbonyl (C=O) groups excluding carboxylic acids is 2. The van der Waals surface area contributed by atoms with Crippen molar-refractivity contribution in [1.82, 2.24) is 9.88 Å². The lowest BCUT2D eigenvalue weighted by atomic mass is 10.1. The zero-order chi connectivity index (χ0) is 23.0. The number of nitrogens with zero attached hydrogens (tertiary/aromatic N) is 4. The van der Waals surface area contributed by atoms with Crippen molar-refractivity contribution in [3.63, 3.8) is 0 Å². The molecule has 1 fully saturated rings. The van der Waals surface area contributed by atoms with Gasteiger partial charge in [0.05, 0.1) is 11.2 Å². The molecule has 2 aromatic carbocycles. The maximum Gasteiger partial charge on any atom is 0.446 e. The van der Waals surface area contributed by atoms with Gasteiger partial charge in [-0.25, -0.2) is 9.69 Å². The highest BCUT2D eigenvalue weighted by Gasteiger charge is 2.37. The average Bonchev–Trinajstić information content (AvgIpc) is 3.00. The Labute approximate surface area is 186 Å². The van der Waals surface area contributed by atoms with E-state index in [2.05, 4.69) is 4.98 Å². The number of hydrogen-bond donors (Lipinski definition) is 0. The molecule has 1 aliphatic rings. The molecule has 0 atom stereocenters. The molecular weight excluding hydrogens is 441 g/mol. The summed E-state index contributed by atoms with van der Waals surface area (Å²) in [6.45, 7) is 0.0981. The van der Waals surface area contributed by atoms with Gasteiger partial charge in [0.25, 0.3) is 5.91 Å². The quantitative estimate of drug-likeness (QED) is 0.401. The molecule has 0 aliphatic carbocycles. The first-order chi connectivity index (χ1) is 15.1. The van der Waals surface area contributed by atoms with Gasteiger partial charge in [0.15, 0.2) is 0 Å². The number of urea groups is 1. The van der Waals surface area contributed by atoms with Crippen molar-refractivity contribution in [3.8, 4) is 0 Å². The molecule has 6 nitrogen and oxygen atoms in total. The van der Waals surface area contributed by atoms with Crippen molar-refractivity contribution in [2.45, 2.75) is 16.9 Å². The molecular formula is C22H19F3N4O2S. The first-order valence-corrected chi connectivity index (χ1v) is 10.5. The molecule has 10 heteroatoms. The first kappa shape index (κ1) is 21.9. The summed E-state index contributed by atoms with van der Waals surface area (Å²) < 4.78 is 37.6. The van der Waals surface area contributed by atoms with Gasteiger partial charge in [0.1, 0.15) is 6.54 Å². The number of imide groups is 1. The van der Waals surface area contributed by atoms with E-state index in [1.54, 1.807) is 12.3 Å². The third-order valence-electron chi connectivity index (χ3n) is 5.06. The largest absolute Gasteiger partial charge is 0.446 e. The fraction of sp³-hybridized carbons (Fsp3) is 0.227. The molecule has 0 unspecified atom stereocenters. The van der Waals surface area contributed by atoms with Gasteiger partial charge < -0.3 is 9.80 Å². The third kappa shape index (κ3) is 4.50. The number of anilines is 2. The molecule has 0 bridgehead atoms. The van der Waals surface area contributed by atoms with Crippen LogP contribution < -0.4 is 9.80 Å². The fourth-order valence-electron chi connectivity index (χ4n) is 3.54. The minimum atomic E-state index is -4.40. The Bertz CT molecular complexity index is 1180. The third-order valence-corrected chi connectivity index (χ3v) is 5.80. The number of fused-ring (bicyclic) bond motifs is 1. The van der Waals surface area contributed by atoms with E-state index < -0.39 is 17.4 Å². The molecule has 32 heavy (non-hydrogen) atoms. The van der Waals surface area contributed by atoms with E-state index in [-0.39, 0.29) is 35.4 Å². The second-order valence-electron chi connectivity index (χ2n) is 7.48. The summed E-state index contributed by atoms with van der Waals surface area (Å²) in [6.07, 6.45) is 1.66. The van der Waals surface area contributed by atoms with E-state index >= 15 is 0 Å². The van der Waals surface area contributed by atoms with E-state index in [0.29, 0.717) is 0 Å². The summed E-state index contributed by atoms with van der Waals surface area (Å²) in [5.41, 5.74) is -1.54. The first-order valence-electron chi connectivity index (χ1n) is 9.65. The maximum absolute atomic E-state index is 12.9. The van der Waals surface area contributed by atoms with Crippen LogP contribution in [0.5, 0.6) is 0 Å². The Morgan fingerprint density at radius 2 is 1.78 bits per heavy atom. The average molecular weight is 460 g/mol. The number of pyridine rings is 1. The molecule has 1 aliphatic heterocycles. The number of halogens is 3. The summed E-state index contributed by atoms with van der Waals surface area (Å²) in [5, 5.41) is 0.880. The predicted molar refractivity (Wildman–Crippen MR) is 118 cm³/mol. The van der Waals surface area contributed by atoms with Gasteiger partial charge in [-0.15, -0.1) is 0 Å². The number of thioether (sulfide) groups is 1. The molecule has 0 radical (unpaired) electrons. The standard InChI is InChI=1S/C22H19F3N4O2S/c1-27(2)16-5-8-18-14(9-10-26-19(18)11-16)12-28-13-20(30)29(21(28)31)15-3-6-17(7-4-15)32-22(23,24)25/h3-11H,12-13H2,1-2H3. The van der Waals surface area contributed by atoms with Crippen molar-refractivity contribution in [2.24, 2.45) is 0 Å². The van der Waals surface area contributed by atoms with Gasteiger partial charge in [0, 0.05) is 42.8 Å². The lowest BCUT2D eigenvalue weighted by molar-refractivity contribution is -0.116. The van der Waals surface area contributed by atoms with Crippen LogP contribution in [0.4, 0.5) is 29.3 Å². The van der Waals surface area contributed by atoms with Crippen LogP contribution in [0.25, 0.3) is 10.9 Å². The number of aromatic nitrogens is 1. The normalized spacial score (nSPS) is 14.5. The minimum absolute atomic E-state index is 0.0162. The molecule has 0 N–H and O–H groups in total. The van der Waals surface area contributed by atoms with Gasteiger partial charge in [-0.05, 0) is 59.8 Å². The second kappa shape index (κ2) is 8.34. The van der Waals surface area contributed by atoms with Gasteiger partial charge in [-0.3, -0.25) is 9.78 Å². The van der Waals surface area contributed by atoms with Crippen molar-refractivity contribution in [3.05, 3.63) is 60.3 Å². The smallest absolute Gasteiger partial charge is 0.378 e. The highest BCUT2D eigenvalue weighted by Crippen LogP contribution is 2.37. The van der Waals surface area contributed by atoms with Crippen LogP contribution in [-0.4, -0.2) is 48.0 Å². The lowest BCUT2D eigenvalue weighted by Crippen LogP contribution is -2.32. The van der Waals surface area contributed by atoms with E-state index in [0.717, 1.165) is 27.1 Å². The van der Waals surface area contributed by atoms with Crippen LogP contribution in [0.15, 0.2) is 59.6 Å². The summed E-state index contributed by atoms with van der Waals surface area (Å²) in [7, 11) is 3.87. The highest BCUT2D eigenvalue weighted by molar-refractivity contribution is 8.00. The molecule has 4 rings (SSSR count). The van der Waals surface area contributed by atoms with E-state index in [9.17, 15) is 22.8 Å². The Morgan fingerprint density at radius 1 is 1.06 bits per heavy atom. The van der Waals surface area contributed by atoms with Crippen LogP contribution in [0.3, 0.4) is 0 Å². The number of hydrogen-bond acceptors (Lipinski definition) is 5. The fourth-order valence-corrected chi connectivity index (χ4v) is 4.08. The predicted octanol–water partition coefficient (Wildman–Crippen LogP) is 4.88. The zero-order valence-electron chi connectivity index (χ0n) is 17.3. The summed E-state index contributed by atoms with van der Waals surface area (Å²) >= 11 is -0.248. The van der Waals surface area contributed by atoms with Gasteiger partial charge in [-0.1, -0.05) is 6.07 Å². The van der Waals surface area contributed by atoms with Crippen molar-refractivity contribution in [1.29, 1.82) is 0 Å². The monoisotopic (exact) mass is 460 g/mol. The molecule has 2 heterocycles. The molecule has 0 saturated carbocycles. The van der Waals surface area contributed by atoms with E-state index in [1.807, 2.05) is 37.2 Å². The number of alkyl halides is 3. The number of benzene rings is 2.